The molecule has 142 valence electrons. The molecular weight excluding hydrogens is 404 g/mol. The van der Waals surface area contributed by atoms with Crippen molar-refractivity contribution in [3.05, 3.63) is 59.6 Å². The van der Waals surface area contributed by atoms with Crippen LogP contribution in [0.1, 0.15) is 6.42 Å². The normalized spacial score (nSPS) is 11.6. The Morgan fingerprint density at radius 3 is 2.44 bits per heavy atom. The highest BCUT2D eigenvalue weighted by Crippen LogP contribution is 2.28. The van der Waals surface area contributed by atoms with Crippen LogP contribution in [-0.2, 0) is 10.0 Å². The van der Waals surface area contributed by atoms with Gasteiger partial charge in [0.15, 0.2) is 11.0 Å². The molecule has 27 heavy (non-hydrogen) atoms. The highest BCUT2D eigenvalue weighted by atomic mass is 35.5. The van der Waals surface area contributed by atoms with E-state index in [4.69, 9.17) is 11.6 Å². The monoisotopic (exact) mass is 422 g/mol. The van der Waals surface area contributed by atoms with Crippen molar-refractivity contribution in [3.8, 4) is 17.1 Å². The molecule has 1 aromatic heterocycles. The Balaban J connectivity index is 1.83. The number of thioether (sulfide) groups is 1. The standard InChI is InChI=1S/C18H19ClN4O2S2/c1-27(24,25)20-12-5-13-26-18-22-21-17(14-8-10-15(19)11-9-14)23(18)16-6-3-2-4-7-16/h2-4,6-11,20H,5,12-13H2,1H3. The minimum atomic E-state index is -3.16. The summed E-state index contributed by atoms with van der Waals surface area (Å²) >= 11 is 7.54. The third kappa shape index (κ3) is 5.55. The van der Waals surface area contributed by atoms with E-state index in [1.807, 2.05) is 59.2 Å². The van der Waals surface area contributed by atoms with Gasteiger partial charge in [-0.3, -0.25) is 4.57 Å². The van der Waals surface area contributed by atoms with Gasteiger partial charge in [0, 0.05) is 28.6 Å². The van der Waals surface area contributed by atoms with E-state index in [2.05, 4.69) is 14.9 Å². The molecule has 1 heterocycles. The molecule has 3 rings (SSSR count). The number of nitrogens with zero attached hydrogens (tertiary/aromatic N) is 3. The molecule has 0 aliphatic carbocycles. The molecule has 1 N–H and O–H groups in total. The van der Waals surface area contributed by atoms with Crippen molar-refractivity contribution >= 4 is 33.4 Å². The molecule has 0 aliphatic heterocycles. The van der Waals surface area contributed by atoms with Crippen molar-refractivity contribution in [2.75, 3.05) is 18.6 Å². The molecule has 0 amide bonds. The second-order valence-corrected chi connectivity index (χ2v) is 9.18. The van der Waals surface area contributed by atoms with Gasteiger partial charge in [0.2, 0.25) is 10.0 Å². The lowest BCUT2D eigenvalue weighted by molar-refractivity contribution is 0.587. The zero-order valence-corrected chi connectivity index (χ0v) is 17.1. The molecule has 0 saturated carbocycles. The molecule has 0 radical (unpaired) electrons. The van der Waals surface area contributed by atoms with Crippen LogP contribution >= 0.6 is 23.4 Å². The average molecular weight is 423 g/mol. The van der Waals surface area contributed by atoms with E-state index in [1.165, 1.54) is 11.8 Å². The van der Waals surface area contributed by atoms with E-state index in [-0.39, 0.29) is 0 Å². The highest BCUT2D eigenvalue weighted by molar-refractivity contribution is 7.99. The fourth-order valence-electron chi connectivity index (χ4n) is 2.45. The summed E-state index contributed by atoms with van der Waals surface area (Å²) in [7, 11) is -3.16. The summed E-state index contributed by atoms with van der Waals surface area (Å²) in [5.74, 6) is 1.45. The van der Waals surface area contributed by atoms with Crippen LogP contribution in [0.3, 0.4) is 0 Å². The van der Waals surface area contributed by atoms with Gasteiger partial charge >= 0.3 is 0 Å². The fraction of sp³-hybridized carbons (Fsp3) is 0.222. The van der Waals surface area contributed by atoms with Gasteiger partial charge in [-0.05, 0) is 42.8 Å². The lowest BCUT2D eigenvalue weighted by Gasteiger charge is -2.10. The molecule has 9 heteroatoms. The van der Waals surface area contributed by atoms with Crippen LogP contribution in [0.5, 0.6) is 0 Å². The molecular formula is C18H19ClN4O2S2. The third-order valence-corrected chi connectivity index (χ3v) is 5.66. The minimum absolute atomic E-state index is 0.398. The maximum atomic E-state index is 11.1. The number of sulfonamides is 1. The van der Waals surface area contributed by atoms with Crippen molar-refractivity contribution < 1.29 is 8.42 Å². The van der Waals surface area contributed by atoms with Gasteiger partial charge in [-0.1, -0.05) is 41.6 Å². The SMILES string of the molecule is CS(=O)(=O)NCCCSc1nnc(-c2ccc(Cl)cc2)n1-c1ccccc1. The van der Waals surface area contributed by atoms with Crippen molar-refractivity contribution in [2.24, 2.45) is 0 Å². The van der Waals surface area contributed by atoms with Gasteiger partial charge in [-0.2, -0.15) is 0 Å². The van der Waals surface area contributed by atoms with Gasteiger partial charge in [0.25, 0.3) is 0 Å². The van der Waals surface area contributed by atoms with E-state index >= 15 is 0 Å². The van der Waals surface area contributed by atoms with E-state index in [1.54, 1.807) is 0 Å². The first-order valence-corrected chi connectivity index (χ1v) is 11.5. The van der Waals surface area contributed by atoms with Crippen LogP contribution in [0.4, 0.5) is 0 Å². The topological polar surface area (TPSA) is 76.9 Å². The number of halogens is 1. The fourth-order valence-corrected chi connectivity index (χ4v) is 3.98. The average Bonchev–Trinajstić information content (AvgIpc) is 3.06. The molecule has 0 atom stereocenters. The lowest BCUT2D eigenvalue weighted by atomic mass is 10.2. The first-order valence-electron chi connectivity index (χ1n) is 8.28. The van der Waals surface area contributed by atoms with Gasteiger partial charge in [-0.15, -0.1) is 10.2 Å². The molecule has 6 nitrogen and oxygen atoms in total. The maximum Gasteiger partial charge on any atom is 0.208 e. The predicted octanol–water partition coefficient (Wildman–Crippen LogP) is 3.62. The highest BCUT2D eigenvalue weighted by Gasteiger charge is 2.16. The number of hydrogen-bond acceptors (Lipinski definition) is 5. The number of aromatic nitrogens is 3. The Morgan fingerprint density at radius 1 is 1.07 bits per heavy atom. The zero-order valence-electron chi connectivity index (χ0n) is 14.7. The number of hydrogen-bond donors (Lipinski definition) is 1. The van der Waals surface area contributed by atoms with Gasteiger partial charge in [0.05, 0.1) is 6.26 Å². The Labute approximate surface area is 168 Å². The molecule has 0 spiro atoms. The number of nitrogens with one attached hydrogen (secondary N) is 1. The van der Waals surface area contributed by atoms with Gasteiger partial charge < -0.3 is 0 Å². The molecule has 0 saturated heterocycles. The Bertz CT molecular complexity index is 990. The van der Waals surface area contributed by atoms with E-state index < -0.39 is 10.0 Å². The number of benzene rings is 2. The summed E-state index contributed by atoms with van der Waals surface area (Å²) in [5, 5.41) is 10.1. The van der Waals surface area contributed by atoms with Crippen LogP contribution in [0.25, 0.3) is 17.1 Å². The molecule has 0 bridgehead atoms. The Kier molecular flexibility index (Phi) is 6.54. The Hall–Kier alpha value is -1.87. The van der Waals surface area contributed by atoms with Crippen LogP contribution in [-0.4, -0.2) is 41.7 Å². The second kappa shape index (κ2) is 8.88. The van der Waals surface area contributed by atoms with Crippen LogP contribution in [0.2, 0.25) is 5.02 Å². The van der Waals surface area contributed by atoms with Crippen molar-refractivity contribution in [2.45, 2.75) is 11.6 Å². The van der Waals surface area contributed by atoms with E-state index in [0.29, 0.717) is 23.7 Å². The molecule has 0 fully saturated rings. The Morgan fingerprint density at radius 2 is 1.78 bits per heavy atom. The largest absolute Gasteiger partial charge is 0.270 e. The smallest absolute Gasteiger partial charge is 0.208 e. The summed E-state index contributed by atoms with van der Waals surface area (Å²) in [6.45, 7) is 0.398. The van der Waals surface area contributed by atoms with Gasteiger partial charge in [-0.25, -0.2) is 13.1 Å². The summed E-state index contributed by atoms with van der Waals surface area (Å²) in [4.78, 5) is 0. The quantitative estimate of drug-likeness (QED) is 0.443. The minimum Gasteiger partial charge on any atom is -0.270 e. The predicted molar refractivity (Wildman–Crippen MR) is 110 cm³/mol. The third-order valence-electron chi connectivity index (χ3n) is 3.67. The summed E-state index contributed by atoms with van der Waals surface area (Å²) in [6, 6.07) is 17.4. The lowest BCUT2D eigenvalue weighted by Crippen LogP contribution is -2.23. The zero-order chi connectivity index (χ0) is 19.3. The molecule has 0 aliphatic rings. The number of rotatable bonds is 8. The molecule has 0 unspecified atom stereocenters. The van der Waals surface area contributed by atoms with Crippen molar-refractivity contribution in [1.29, 1.82) is 0 Å². The van der Waals surface area contributed by atoms with Crippen LogP contribution in [0.15, 0.2) is 59.8 Å². The number of para-hydroxylation sites is 1. The first-order chi connectivity index (χ1) is 12.9. The summed E-state index contributed by atoms with van der Waals surface area (Å²) in [6.07, 6.45) is 1.85. The van der Waals surface area contributed by atoms with Crippen molar-refractivity contribution in [1.82, 2.24) is 19.5 Å². The van der Waals surface area contributed by atoms with Gasteiger partial charge in [0.1, 0.15) is 0 Å². The van der Waals surface area contributed by atoms with E-state index in [9.17, 15) is 8.42 Å². The maximum absolute atomic E-state index is 11.1. The van der Waals surface area contributed by atoms with E-state index in [0.717, 1.165) is 28.5 Å². The first kappa shape index (κ1) is 19.9. The molecule has 3 aromatic rings. The second-order valence-electron chi connectivity index (χ2n) is 5.85. The molecule has 2 aromatic carbocycles. The van der Waals surface area contributed by atoms with Crippen molar-refractivity contribution in [3.63, 3.8) is 0 Å². The summed E-state index contributed by atoms with van der Waals surface area (Å²) in [5.41, 5.74) is 1.88. The van der Waals surface area contributed by atoms with Crippen LogP contribution < -0.4 is 4.72 Å². The summed E-state index contributed by atoms with van der Waals surface area (Å²) < 4.78 is 26.8. The van der Waals surface area contributed by atoms with Crippen LogP contribution in [0, 0.1) is 0 Å².